The summed E-state index contributed by atoms with van der Waals surface area (Å²) in [6.45, 7) is 1.96. The fourth-order valence-corrected chi connectivity index (χ4v) is 1.82. The topological polar surface area (TPSA) is 76.5 Å². The zero-order valence-electron chi connectivity index (χ0n) is 9.51. The summed E-state index contributed by atoms with van der Waals surface area (Å²) in [5.74, 6) is -0.593. The van der Waals surface area contributed by atoms with Gasteiger partial charge in [0, 0.05) is 5.39 Å². The lowest BCUT2D eigenvalue weighted by atomic mass is 10.2. The number of aryl methyl sites for hydroxylation is 1. The van der Waals surface area contributed by atoms with Gasteiger partial charge >= 0.3 is 5.97 Å². The monoisotopic (exact) mass is 243 g/mol. The van der Waals surface area contributed by atoms with Crippen LogP contribution in [-0.4, -0.2) is 16.2 Å². The number of nitrogens with zero attached hydrogens (tertiary/aromatic N) is 1. The van der Waals surface area contributed by atoms with Crippen molar-refractivity contribution in [3.8, 4) is 11.5 Å². The molecule has 2 aromatic heterocycles. The van der Waals surface area contributed by atoms with Crippen LogP contribution in [0.3, 0.4) is 0 Å². The number of furan rings is 1. The third kappa shape index (κ3) is 1.57. The van der Waals surface area contributed by atoms with Crippen LogP contribution in [0.15, 0.2) is 39.4 Å². The van der Waals surface area contributed by atoms with E-state index in [4.69, 9.17) is 14.0 Å². The van der Waals surface area contributed by atoms with Gasteiger partial charge < -0.3 is 14.0 Å². The first-order valence-corrected chi connectivity index (χ1v) is 5.33. The molecule has 0 aliphatic carbocycles. The fourth-order valence-electron chi connectivity index (χ4n) is 1.82. The second kappa shape index (κ2) is 3.73. The predicted octanol–water partition coefficient (Wildman–Crippen LogP) is 3.09. The molecular weight excluding hydrogens is 234 g/mol. The van der Waals surface area contributed by atoms with E-state index in [1.54, 1.807) is 6.07 Å². The molecular formula is C13H9NO4. The molecule has 90 valence electrons. The molecule has 0 amide bonds. The molecule has 18 heavy (non-hydrogen) atoms. The minimum absolute atomic E-state index is 0.00854. The lowest BCUT2D eigenvalue weighted by Crippen LogP contribution is -1.95. The predicted molar refractivity (Wildman–Crippen MR) is 63.4 cm³/mol. The minimum atomic E-state index is -1.09. The summed E-state index contributed by atoms with van der Waals surface area (Å²) in [6, 6.07) is 7.49. The van der Waals surface area contributed by atoms with E-state index < -0.39 is 5.97 Å². The van der Waals surface area contributed by atoms with Gasteiger partial charge in [-0.15, -0.1) is 0 Å². The first kappa shape index (κ1) is 10.6. The summed E-state index contributed by atoms with van der Waals surface area (Å²) in [6.07, 6.45) is 1.16. The fraction of sp³-hybridized carbons (Fsp3) is 0.0769. The molecule has 1 aromatic carbocycles. The van der Waals surface area contributed by atoms with E-state index in [0.717, 1.165) is 17.1 Å². The van der Waals surface area contributed by atoms with Gasteiger partial charge in [-0.05, 0) is 24.6 Å². The highest BCUT2D eigenvalue weighted by atomic mass is 16.5. The number of carboxylic acids is 1. The Morgan fingerprint density at radius 3 is 2.94 bits per heavy atom. The van der Waals surface area contributed by atoms with Crippen molar-refractivity contribution < 1.29 is 18.8 Å². The molecule has 5 nitrogen and oxygen atoms in total. The van der Waals surface area contributed by atoms with Crippen LogP contribution in [0, 0.1) is 6.92 Å². The third-order valence-electron chi connectivity index (χ3n) is 2.70. The summed E-state index contributed by atoms with van der Waals surface area (Å²) in [7, 11) is 0. The van der Waals surface area contributed by atoms with E-state index in [9.17, 15) is 4.79 Å². The summed E-state index contributed by atoms with van der Waals surface area (Å²) in [5.41, 5.74) is 1.75. The van der Waals surface area contributed by atoms with Crippen molar-refractivity contribution in [3.05, 3.63) is 41.6 Å². The van der Waals surface area contributed by atoms with Gasteiger partial charge in [-0.1, -0.05) is 17.3 Å². The van der Waals surface area contributed by atoms with Gasteiger partial charge in [0.1, 0.15) is 11.1 Å². The number of fused-ring (bicyclic) bond motifs is 1. The Morgan fingerprint density at radius 2 is 2.17 bits per heavy atom. The average Bonchev–Trinajstić information content (AvgIpc) is 2.93. The number of rotatable bonds is 2. The first-order chi connectivity index (χ1) is 8.65. The molecule has 0 radical (unpaired) electrons. The van der Waals surface area contributed by atoms with Gasteiger partial charge in [0.05, 0.1) is 6.20 Å². The number of carbonyl (C=O) groups is 1. The largest absolute Gasteiger partial charge is 0.477 e. The lowest BCUT2D eigenvalue weighted by molar-refractivity contribution is 0.0697. The third-order valence-corrected chi connectivity index (χ3v) is 2.70. The van der Waals surface area contributed by atoms with Crippen LogP contribution in [0.5, 0.6) is 0 Å². The van der Waals surface area contributed by atoms with Crippen LogP contribution in [0.1, 0.15) is 15.9 Å². The molecule has 0 aliphatic rings. The number of aromatic nitrogens is 1. The van der Waals surface area contributed by atoms with E-state index in [2.05, 4.69) is 5.16 Å². The van der Waals surface area contributed by atoms with Gasteiger partial charge in [-0.3, -0.25) is 0 Å². The van der Waals surface area contributed by atoms with Crippen molar-refractivity contribution >= 4 is 16.9 Å². The molecule has 3 rings (SSSR count). The Morgan fingerprint density at radius 1 is 1.33 bits per heavy atom. The molecule has 0 saturated carbocycles. The Labute approximate surface area is 102 Å². The Bertz CT molecular complexity index is 738. The van der Waals surface area contributed by atoms with Crippen LogP contribution in [0.4, 0.5) is 0 Å². The van der Waals surface area contributed by atoms with Crippen LogP contribution < -0.4 is 0 Å². The second-order valence-electron chi connectivity index (χ2n) is 4.03. The Hall–Kier alpha value is -2.56. The quantitative estimate of drug-likeness (QED) is 0.748. The summed E-state index contributed by atoms with van der Waals surface area (Å²) >= 11 is 0. The normalized spacial score (nSPS) is 10.9. The standard InChI is InChI=1S/C13H9NO4/c1-7-2-3-8-5-11(17-10(8)4-7)12-9(13(15)16)6-14-18-12/h2-6H,1H3,(H,15,16). The number of benzene rings is 1. The van der Waals surface area contributed by atoms with Crippen molar-refractivity contribution in [3.63, 3.8) is 0 Å². The van der Waals surface area contributed by atoms with Crippen molar-refractivity contribution in [1.29, 1.82) is 0 Å². The van der Waals surface area contributed by atoms with Gasteiger partial charge in [0.25, 0.3) is 0 Å². The van der Waals surface area contributed by atoms with E-state index >= 15 is 0 Å². The molecule has 0 saturated heterocycles. The average molecular weight is 243 g/mol. The van der Waals surface area contributed by atoms with Crippen molar-refractivity contribution in [2.75, 3.05) is 0 Å². The number of carboxylic acid groups (broad SMARTS) is 1. The highest BCUT2D eigenvalue weighted by Gasteiger charge is 2.20. The van der Waals surface area contributed by atoms with Gasteiger partial charge in [-0.25, -0.2) is 4.79 Å². The maximum absolute atomic E-state index is 11.0. The lowest BCUT2D eigenvalue weighted by Gasteiger charge is -1.91. The highest BCUT2D eigenvalue weighted by Crippen LogP contribution is 2.30. The molecule has 3 aromatic rings. The van der Waals surface area contributed by atoms with E-state index in [-0.39, 0.29) is 11.3 Å². The maximum Gasteiger partial charge on any atom is 0.341 e. The Balaban J connectivity index is 2.19. The number of aromatic carboxylic acids is 1. The summed E-state index contributed by atoms with van der Waals surface area (Å²) < 4.78 is 10.5. The maximum atomic E-state index is 11.0. The highest BCUT2D eigenvalue weighted by molar-refractivity contribution is 5.94. The second-order valence-corrected chi connectivity index (χ2v) is 4.03. The van der Waals surface area contributed by atoms with E-state index in [1.165, 1.54) is 0 Å². The molecule has 5 heteroatoms. The van der Waals surface area contributed by atoms with Gasteiger partial charge in [-0.2, -0.15) is 0 Å². The summed E-state index contributed by atoms with van der Waals surface area (Å²) in [4.78, 5) is 11.0. The van der Waals surface area contributed by atoms with Crippen LogP contribution in [0.2, 0.25) is 0 Å². The molecule has 0 spiro atoms. The number of hydrogen-bond acceptors (Lipinski definition) is 4. The molecule has 1 N–H and O–H groups in total. The van der Waals surface area contributed by atoms with Crippen molar-refractivity contribution in [2.24, 2.45) is 0 Å². The van der Waals surface area contributed by atoms with E-state index in [1.807, 2.05) is 25.1 Å². The molecule has 0 atom stereocenters. The van der Waals surface area contributed by atoms with Gasteiger partial charge in [0.15, 0.2) is 5.76 Å². The molecule has 0 aliphatic heterocycles. The Kier molecular flexibility index (Phi) is 2.19. The van der Waals surface area contributed by atoms with E-state index in [0.29, 0.717) is 11.3 Å². The van der Waals surface area contributed by atoms with Crippen LogP contribution in [-0.2, 0) is 0 Å². The zero-order valence-corrected chi connectivity index (χ0v) is 9.51. The first-order valence-electron chi connectivity index (χ1n) is 5.33. The summed E-state index contributed by atoms with van der Waals surface area (Å²) in [5, 5.41) is 13.4. The van der Waals surface area contributed by atoms with Crippen LogP contribution >= 0.6 is 0 Å². The zero-order chi connectivity index (χ0) is 12.7. The minimum Gasteiger partial charge on any atom is -0.477 e. The SMILES string of the molecule is Cc1ccc2cc(-c3oncc3C(=O)O)oc2c1. The smallest absolute Gasteiger partial charge is 0.341 e. The molecule has 0 unspecified atom stereocenters. The molecule has 2 heterocycles. The number of hydrogen-bond donors (Lipinski definition) is 1. The molecule has 0 fully saturated rings. The van der Waals surface area contributed by atoms with Crippen molar-refractivity contribution in [2.45, 2.75) is 6.92 Å². The van der Waals surface area contributed by atoms with Crippen molar-refractivity contribution in [1.82, 2.24) is 5.16 Å². The van der Waals surface area contributed by atoms with Gasteiger partial charge in [0.2, 0.25) is 5.76 Å². The molecule has 0 bridgehead atoms. The van der Waals surface area contributed by atoms with Crippen LogP contribution in [0.25, 0.3) is 22.5 Å².